The molecule has 0 bridgehead atoms. The van der Waals surface area contributed by atoms with Crippen molar-refractivity contribution in [3.05, 3.63) is 47.6 Å². The number of benzene rings is 1. The summed E-state index contributed by atoms with van der Waals surface area (Å²) in [6, 6.07) is 4.42. The van der Waals surface area contributed by atoms with E-state index < -0.39 is 15.8 Å². The summed E-state index contributed by atoms with van der Waals surface area (Å²) in [4.78, 5) is 7.37. The molecule has 5 nitrogen and oxygen atoms in total. The van der Waals surface area contributed by atoms with Crippen molar-refractivity contribution >= 4 is 27.4 Å². The van der Waals surface area contributed by atoms with Crippen LogP contribution in [-0.4, -0.2) is 18.4 Å². The largest absolute Gasteiger partial charge is 0.263 e. The summed E-state index contributed by atoms with van der Waals surface area (Å²) in [5.74, 6) is -0.482. The van der Waals surface area contributed by atoms with Crippen molar-refractivity contribution in [1.82, 2.24) is 9.97 Å². The molecule has 0 saturated heterocycles. The van der Waals surface area contributed by atoms with Crippen LogP contribution in [0.1, 0.15) is 0 Å². The minimum absolute atomic E-state index is 0.0312. The average Bonchev–Trinajstić information content (AvgIpc) is 2.32. The van der Waals surface area contributed by atoms with Crippen LogP contribution >= 0.6 is 11.6 Å². The van der Waals surface area contributed by atoms with Gasteiger partial charge in [-0.05, 0) is 24.3 Å². The molecule has 0 unspecified atom stereocenters. The Morgan fingerprint density at radius 1 is 1.11 bits per heavy atom. The lowest BCUT2D eigenvalue weighted by Crippen LogP contribution is -2.14. The Morgan fingerprint density at radius 3 is 2.33 bits per heavy atom. The van der Waals surface area contributed by atoms with Crippen molar-refractivity contribution in [3.8, 4) is 0 Å². The first-order valence-electron chi connectivity index (χ1n) is 4.73. The zero-order chi connectivity index (χ0) is 13.2. The van der Waals surface area contributed by atoms with Crippen molar-refractivity contribution in [2.45, 2.75) is 4.90 Å². The Morgan fingerprint density at radius 2 is 1.78 bits per heavy atom. The summed E-state index contributed by atoms with van der Waals surface area (Å²) in [5.41, 5.74) is 0. The van der Waals surface area contributed by atoms with Gasteiger partial charge in [0.05, 0.1) is 17.3 Å². The normalized spacial score (nSPS) is 11.2. The second kappa shape index (κ2) is 4.87. The Kier molecular flexibility index (Phi) is 3.44. The van der Waals surface area contributed by atoms with Gasteiger partial charge in [-0.25, -0.2) is 22.8 Å². The average molecular weight is 288 g/mol. The second-order valence-corrected chi connectivity index (χ2v) is 5.35. The number of anilines is 1. The molecular formula is C10H7ClFN3O2S. The zero-order valence-corrected chi connectivity index (χ0v) is 10.4. The van der Waals surface area contributed by atoms with E-state index in [0.29, 0.717) is 0 Å². The van der Waals surface area contributed by atoms with E-state index >= 15 is 0 Å². The molecule has 1 heterocycles. The van der Waals surface area contributed by atoms with Gasteiger partial charge in [0.15, 0.2) is 5.82 Å². The van der Waals surface area contributed by atoms with Crippen LogP contribution in [0.5, 0.6) is 0 Å². The monoisotopic (exact) mass is 287 g/mol. The maximum absolute atomic E-state index is 12.7. The standard InChI is InChI=1S/C10H7ClFN3O2S/c11-9-5-14-10(6-13-9)15-18(16,17)8-3-1-7(12)2-4-8/h1-6H,(H,14,15). The molecule has 1 aromatic carbocycles. The number of halogens is 2. The van der Waals surface area contributed by atoms with Gasteiger partial charge in [-0.1, -0.05) is 11.6 Å². The molecule has 0 amide bonds. The highest BCUT2D eigenvalue weighted by Gasteiger charge is 2.14. The molecule has 2 rings (SSSR count). The molecule has 0 aliphatic carbocycles. The van der Waals surface area contributed by atoms with Gasteiger partial charge in [-0.15, -0.1) is 0 Å². The van der Waals surface area contributed by atoms with E-state index in [-0.39, 0.29) is 15.9 Å². The lowest BCUT2D eigenvalue weighted by Gasteiger charge is -2.06. The van der Waals surface area contributed by atoms with Crippen LogP contribution in [0.3, 0.4) is 0 Å². The Hall–Kier alpha value is -1.73. The van der Waals surface area contributed by atoms with Gasteiger partial charge in [-0.2, -0.15) is 0 Å². The molecule has 94 valence electrons. The first-order valence-corrected chi connectivity index (χ1v) is 6.59. The molecule has 0 fully saturated rings. The topological polar surface area (TPSA) is 72.0 Å². The number of rotatable bonds is 3. The van der Waals surface area contributed by atoms with E-state index in [1.807, 2.05) is 0 Å². The Balaban J connectivity index is 2.27. The van der Waals surface area contributed by atoms with Crippen LogP contribution in [0.15, 0.2) is 41.6 Å². The third kappa shape index (κ3) is 2.93. The quantitative estimate of drug-likeness (QED) is 0.938. The fourth-order valence-corrected chi connectivity index (χ4v) is 2.27. The van der Waals surface area contributed by atoms with Crippen molar-refractivity contribution in [2.24, 2.45) is 0 Å². The lowest BCUT2D eigenvalue weighted by molar-refractivity contribution is 0.599. The highest BCUT2D eigenvalue weighted by Crippen LogP contribution is 2.14. The molecule has 0 spiro atoms. The fraction of sp³-hybridized carbons (Fsp3) is 0. The van der Waals surface area contributed by atoms with E-state index in [4.69, 9.17) is 11.6 Å². The number of nitrogens with one attached hydrogen (secondary N) is 1. The molecule has 0 aliphatic rings. The van der Waals surface area contributed by atoms with Crippen LogP contribution in [-0.2, 0) is 10.0 Å². The summed E-state index contributed by atoms with van der Waals surface area (Å²) in [5, 5.41) is 0.153. The number of sulfonamides is 1. The van der Waals surface area contributed by atoms with Crippen LogP contribution in [0.2, 0.25) is 5.15 Å². The van der Waals surface area contributed by atoms with Crippen molar-refractivity contribution < 1.29 is 12.8 Å². The molecule has 8 heteroatoms. The molecule has 0 saturated carbocycles. The SMILES string of the molecule is O=S(=O)(Nc1cnc(Cl)cn1)c1ccc(F)cc1. The van der Waals surface area contributed by atoms with Gasteiger partial charge < -0.3 is 0 Å². The first kappa shape index (κ1) is 12.7. The zero-order valence-electron chi connectivity index (χ0n) is 8.84. The van der Waals surface area contributed by atoms with Crippen LogP contribution < -0.4 is 4.72 Å². The van der Waals surface area contributed by atoms with E-state index in [1.165, 1.54) is 12.4 Å². The summed E-state index contributed by atoms with van der Waals surface area (Å²) in [6.07, 6.45) is 2.40. The third-order valence-electron chi connectivity index (χ3n) is 1.98. The molecule has 0 radical (unpaired) electrons. The van der Waals surface area contributed by atoms with Gasteiger partial charge in [0.1, 0.15) is 11.0 Å². The van der Waals surface area contributed by atoms with Crippen molar-refractivity contribution in [1.29, 1.82) is 0 Å². The van der Waals surface area contributed by atoms with Crippen LogP contribution in [0, 0.1) is 5.82 Å². The Labute approximate surface area is 108 Å². The van der Waals surface area contributed by atoms with Gasteiger partial charge in [0.2, 0.25) is 0 Å². The molecule has 2 aromatic rings. The summed E-state index contributed by atoms with van der Waals surface area (Å²) < 4.78 is 38.6. The van der Waals surface area contributed by atoms with Gasteiger partial charge in [-0.3, -0.25) is 4.72 Å². The lowest BCUT2D eigenvalue weighted by atomic mass is 10.4. The maximum Gasteiger partial charge on any atom is 0.263 e. The molecule has 18 heavy (non-hydrogen) atoms. The first-order chi connectivity index (χ1) is 8.47. The van der Waals surface area contributed by atoms with E-state index in [0.717, 1.165) is 24.3 Å². The second-order valence-electron chi connectivity index (χ2n) is 3.28. The predicted octanol–water partition coefficient (Wildman–Crippen LogP) is 2.07. The minimum Gasteiger partial charge on any atom is -0.262 e. The van der Waals surface area contributed by atoms with Crippen molar-refractivity contribution in [3.63, 3.8) is 0 Å². The van der Waals surface area contributed by atoms with Gasteiger partial charge in [0, 0.05) is 0 Å². The molecular weight excluding hydrogens is 281 g/mol. The predicted molar refractivity (Wildman–Crippen MR) is 64.3 cm³/mol. The number of hydrogen-bond acceptors (Lipinski definition) is 4. The van der Waals surface area contributed by atoms with Crippen molar-refractivity contribution in [2.75, 3.05) is 4.72 Å². The van der Waals surface area contributed by atoms with Gasteiger partial charge >= 0.3 is 0 Å². The summed E-state index contributed by atoms with van der Waals surface area (Å²) in [6.45, 7) is 0. The Bertz CT molecular complexity index is 644. The number of hydrogen-bond donors (Lipinski definition) is 1. The third-order valence-corrected chi connectivity index (χ3v) is 3.55. The van der Waals surface area contributed by atoms with E-state index in [9.17, 15) is 12.8 Å². The van der Waals surface area contributed by atoms with E-state index in [2.05, 4.69) is 14.7 Å². The number of nitrogens with zero attached hydrogens (tertiary/aromatic N) is 2. The molecule has 1 aromatic heterocycles. The van der Waals surface area contributed by atoms with Crippen LogP contribution in [0.25, 0.3) is 0 Å². The highest BCUT2D eigenvalue weighted by molar-refractivity contribution is 7.92. The summed E-state index contributed by atoms with van der Waals surface area (Å²) in [7, 11) is -3.81. The summed E-state index contributed by atoms with van der Waals surface area (Å²) >= 11 is 5.52. The smallest absolute Gasteiger partial charge is 0.262 e. The maximum atomic E-state index is 12.7. The minimum atomic E-state index is -3.81. The number of aromatic nitrogens is 2. The molecule has 0 atom stereocenters. The van der Waals surface area contributed by atoms with E-state index in [1.54, 1.807) is 0 Å². The molecule has 0 aliphatic heterocycles. The van der Waals surface area contributed by atoms with Gasteiger partial charge in [0.25, 0.3) is 10.0 Å². The van der Waals surface area contributed by atoms with Crippen LogP contribution in [0.4, 0.5) is 10.2 Å². The highest BCUT2D eigenvalue weighted by atomic mass is 35.5. The molecule has 1 N–H and O–H groups in total. The fourth-order valence-electron chi connectivity index (χ4n) is 1.18.